The van der Waals surface area contributed by atoms with E-state index in [1.165, 1.54) is 18.3 Å². The summed E-state index contributed by atoms with van der Waals surface area (Å²) in [7, 11) is 0. The second kappa shape index (κ2) is 8.42. The van der Waals surface area contributed by atoms with Gasteiger partial charge in [-0.3, -0.25) is 9.59 Å². The first-order chi connectivity index (χ1) is 16.0. The molecule has 3 aliphatic heterocycles. The number of aliphatic imine (C=N–C) groups is 2. The van der Waals surface area contributed by atoms with Gasteiger partial charge in [0.05, 0.1) is 0 Å². The highest BCUT2D eigenvalue weighted by Crippen LogP contribution is 2.25. The van der Waals surface area contributed by atoms with Crippen LogP contribution in [-0.4, -0.2) is 71.8 Å². The number of rotatable bonds is 4. The van der Waals surface area contributed by atoms with Gasteiger partial charge in [0, 0.05) is 43.6 Å². The Balaban J connectivity index is 1.23. The van der Waals surface area contributed by atoms with Crippen LogP contribution in [0.5, 0.6) is 0 Å². The van der Waals surface area contributed by atoms with Crippen molar-refractivity contribution < 1.29 is 18.8 Å². The molecule has 2 aromatic carbocycles. The van der Waals surface area contributed by atoms with Crippen molar-refractivity contribution in [1.29, 1.82) is 0 Å². The number of amides is 4. The van der Waals surface area contributed by atoms with Crippen LogP contribution in [0.25, 0.3) is 5.57 Å². The lowest BCUT2D eigenvalue weighted by molar-refractivity contribution is -0.135. The zero-order valence-corrected chi connectivity index (χ0v) is 17.6. The van der Waals surface area contributed by atoms with Crippen LogP contribution in [0, 0.1) is 5.82 Å². The summed E-state index contributed by atoms with van der Waals surface area (Å²) in [4.78, 5) is 51.1. The van der Waals surface area contributed by atoms with Crippen molar-refractivity contribution >= 4 is 40.5 Å². The Morgan fingerprint density at radius 3 is 2.30 bits per heavy atom. The summed E-state index contributed by atoms with van der Waals surface area (Å²) in [5, 5.41) is 0. The van der Waals surface area contributed by atoms with Crippen LogP contribution in [0.15, 0.2) is 70.8 Å². The molecule has 2 aromatic rings. The first-order valence-corrected chi connectivity index (χ1v) is 10.6. The Kier molecular flexibility index (Phi) is 5.29. The molecule has 0 bridgehead atoms. The number of fused-ring (bicyclic) bond motifs is 1. The fraction of sp³-hybridized carbons (Fsp3) is 0.208. The number of benzene rings is 2. The van der Waals surface area contributed by atoms with E-state index in [9.17, 15) is 18.8 Å². The molecule has 0 unspecified atom stereocenters. The molecule has 0 radical (unpaired) electrons. The number of carbonyl (C=O) groups is 3. The molecule has 0 saturated carbocycles. The summed E-state index contributed by atoms with van der Waals surface area (Å²) in [6, 6.07) is 14.7. The fourth-order valence-electron chi connectivity index (χ4n) is 4.09. The largest absolute Gasteiger partial charge is 0.368 e. The third-order valence-corrected chi connectivity index (χ3v) is 5.89. The van der Waals surface area contributed by atoms with Crippen LogP contribution in [0.2, 0.25) is 0 Å². The minimum atomic E-state index is -0.768. The van der Waals surface area contributed by atoms with Crippen LogP contribution in [-0.2, 0) is 9.59 Å². The van der Waals surface area contributed by atoms with Gasteiger partial charge in [0.15, 0.2) is 5.71 Å². The summed E-state index contributed by atoms with van der Waals surface area (Å²) in [5.41, 5.74) is 2.61. The maximum absolute atomic E-state index is 13.1. The Bertz CT molecular complexity index is 1210. The van der Waals surface area contributed by atoms with E-state index < -0.39 is 11.9 Å². The lowest BCUT2D eigenvalue weighted by Crippen LogP contribution is -2.54. The van der Waals surface area contributed by atoms with E-state index in [2.05, 4.69) is 14.9 Å². The molecule has 4 amide bonds. The van der Waals surface area contributed by atoms with Gasteiger partial charge in [-0.2, -0.15) is 4.99 Å². The Morgan fingerprint density at radius 1 is 0.909 bits per heavy atom. The molecule has 1 fully saturated rings. The van der Waals surface area contributed by atoms with Crippen LogP contribution >= 0.6 is 0 Å². The molecule has 8 nitrogen and oxygen atoms in total. The topological polar surface area (TPSA) is 85.6 Å². The lowest BCUT2D eigenvalue weighted by Gasteiger charge is -2.37. The van der Waals surface area contributed by atoms with E-state index in [4.69, 9.17) is 0 Å². The minimum Gasteiger partial charge on any atom is -0.368 e. The van der Waals surface area contributed by atoms with E-state index in [0.717, 1.165) is 16.2 Å². The van der Waals surface area contributed by atoms with Gasteiger partial charge in [0.2, 0.25) is 5.91 Å². The molecule has 5 rings (SSSR count). The lowest BCUT2D eigenvalue weighted by atomic mass is 9.99. The average molecular weight is 445 g/mol. The van der Waals surface area contributed by atoms with Gasteiger partial charge in [-0.05, 0) is 29.8 Å². The number of halogens is 1. The smallest absolute Gasteiger partial charge is 0.351 e. The molecule has 33 heavy (non-hydrogen) atoms. The first-order valence-electron chi connectivity index (χ1n) is 10.6. The number of hydrogen-bond acceptors (Lipinski definition) is 5. The Hall–Kier alpha value is -4.14. The molecule has 0 aliphatic carbocycles. The zero-order chi connectivity index (χ0) is 22.9. The van der Waals surface area contributed by atoms with Crippen LogP contribution < -0.4 is 4.90 Å². The monoisotopic (exact) mass is 445 g/mol. The number of imide groups is 1. The summed E-state index contributed by atoms with van der Waals surface area (Å²) < 4.78 is 13.1. The Labute approximate surface area is 189 Å². The van der Waals surface area contributed by atoms with E-state index in [0.29, 0.717) is 31.8 Å². The van der Waals surface area contributed by atoms with Gasteiger partial charge in [-0.15, -0.1) is 0 Å². The number of urea groups is 1. The quantitative estimate of drug-likeness (QED) is 0.723. The molecular weight excluding hydrogens is 425 g/mol. The van der Waals surface area contributed by atoms with E-state index in [1.54, 1.807) is 17.0 Å². The molecule has 166 valence electrons. The number of anilines is 1. The highest BCUT2D eigenvalue weighted by atomic mass is 19.1. The van der Waals surface area contributed by atoms with Crippen LogP contribution in [0.1, 0.15) is 5.56 Å². The second-order valence-corrected chi connectivity index (χ2v) is 7.87. The first kappa shape index (κ1) is 20.7. The molecule has 1 saturated heterocycles. The summed E-state index contributed by atoms with van der Waals surface area (Å²) in [5.74, 6) is -1.25. The van der Waals surface area contributed by atoms with Gasteiger partial charge in [0.1, 0.15) is 18.1 Å². The number of nitrogens with zero attached hydrogens (tertiary/aromatic N) is 5. The maximum Gasteiger partial charge on any atom is 0.351 e. The molecular formula is C24H20FN5O3. The van der Waals surface area contributed by atoms with E-state index in [-0.39, 0.29) is 29.7 Å². The maximum atomic E-state index is 13.1. The molecule has 3 aliphatic rings. The highest BCUT2D eigenvalue weighted by Gasteiger charge is 2.39. The van der Waals surface area contributed by atoms with Gasteiger partial charge in [0.25, 0.3) is 5.91 Å². The normalized spacial score (nSPS) is 18.1. The van der Waals surface area contributed by atoms with Crippen molar-refractivity contribution in [2.75, 3.05) is 37.6 Å². The van der Waals surface area contributed by atoms with Gasteiger partial charge in [-0.1, -0.05) is 30.3 Å². The highest BCUT2D eigenvalue weighted by molar-refractivity contribution is 6.78. The SMILES string of the molecule is O=C(CN1C(=O)N=C2C(c3ccccc3)=CN=C2C1=O)N1CCN(c2ccc(F)cc2)CC1. The van der Waals surface area contributed by atoms with Crippen molar-refractivity contribution in [3.63, 3.8) is 0 Å². The predicted octanol–water partition coefficient (Wildman–Crippen LogP) is 2.37. The molecule has 3 heterocycles. The number of hydrogen-bond donors (Lipinski definition) is 0. The standard InChI is InChI=1S/C24H20FN5O3/c25-17-6-8-18(9-7-17)28-10-12-29(13-11-28)20(31)15-30-23(32)22-21(27-24(30)33)19(14-26-22)16-4-2-1-3-5-16/h1-9,14H,10-13,15H2. The van der Waals surface area contributed by atoms with E-state index in [1.807, 2.05) is 30.3 Å². The van der Waals surface area contributed by atoms with Crippen LogP contribution in [0.4, 0.5) is 14.9 Å². The number of allylic oxidation sites excluding steroid dienone is 1. The molecule has 0 N–H and O–H groups in total. The van der Waals surface area contributed by atoms with Gasteiger partial charge < -0.3 is 9.80 Å². The van der Waals surface area contributed by atoms with Crippen molar-refractivity contribution in [3.05, 3.63) is 72.2 Å². The summed E-state index contributed by atoms with van der Waals surface area (Å²) in [6.07, 6.45) is 1.52. The third-order valence-electron chi connectivity index (χ3n) is 5.89. The van der Waals surface area contributed by atoms with Gasteiger partial charge >= 0.3 is 6.03 Å². The number of piperazine rings is 1. The van der Waals surface area contributed by atoms with Gasteiger partial charge in [-0.25, -0.2) is 19.1 Å². The molecule has 0 atom stereocenters. The van der Waals surface area contributed by atoms with Crippen molar-refractivity contribution in [3.8, 4) is 0 Å². The number of carbonyl (C=O) groups excluding carboxylic acids is 3. The van der Waals surface area contributed by atoms with Crippen molar-refractivity contribution in [2.45, 2.75) is 0 Å². The Morgan fingerprint density at radius 2 is 1.61 bits per heavy atom. The summed E-state index contributed by atoms with van der Waals surface area (Å²) in [6.45, 7) is 1.62. The third kappa shape index (κ3) is 3.93. The van der Waals surface area contributed by atoms with Crippen molar-refractivity contribution in [2.24, 2.45) is 9.98 Å². The summed E-state index contributed by atoms with van der Waals surface area (Å²) >= 11 is 0. The molecule has 0 spiro atoms. The second-order valence-electron chi connectivity index (χ2n) is 7.87. The molecule has 0 aromatic heterocycles. The average Bonchev–Trinajstić information content (AvgIpc) is 3.26. The predicted molar refractivity (Wildman–Crippen MR) is 122 cm³/mol. The molecule has 9 heteroatoms. The van der Waals surface area contributed by atoms with Crippen LogP contribution in [0.3, 0.4) is 0 Å². The van der Waals surface area contributed by atoms with Crippen molar-refractivity contribution in [1.82, 2.24) is 9.80 Å². The minimum absolute atomic E-state index is 0.0717. The zero-order valence-electron chi connectivity index (χ0n) is 17.6. The van der Waals surface area contributed by atoms with E-state index >= 15 is 0 Å². The fourth-order valence-corrected chi connectivity index (χ4v) is 4.09.